The molecule has 0 amide bonds. The fraction of sp³-hybridized carbons (Fsp3) is 1.00. The summed E-state index contributed by atoms with van der Waals surface area (Å²) < 4.78 is 0. The topological polar surface area (TPSA) is 38.0 Å². The van der Waals surface area contributed by atoms with Crippen LogP contribution in [0.5, 0.6) is 0 Å². The minimum absolute atomic E-state index is 0.814. The van der Waals surface area contributed by atoms with Gasteiger partial charge in [0.05, 0.1) is 0 Å². The minimum atomic E-state index is 0.814. The molecule has 2 nitrogen and oxygen atoms in total. The van der Waals surface area contributed by atoms with Crippen LogP contribution in [0.2, 0.25) is 0 Å². The second kappa shape index (κ2) is 3.18. The normalized spacial score (nSPS) is 32.7. The van der Waals surface area contributed by atoms with Crippen molar-refractivity contribution in [3.63, 3.8) is 0 Å². The number of nitrogens with one attached hydrogen (secondary N) is 1. The Hall–Kier alpha value is -0.0800. The molecule has 1 saturated carbocycles. The van der Waals surface area contributed by atoms with Gasteiger partial charge in [0.1, 0.15) is 0 Å². The molecule has 0 spiro atoms. The van der Waals surface area contributed by atoms with Gasteiger partial charge in [-0.1, -0.05) is 6.92 Å². The van der Waals surface area contributed by atoms with E-state index in [1.165, 1.54) is 6.42 Å². The molecular formula is C7H16N2. The van der Waals surface area contributed by atoms with E-state index < -0.39 is 0 Å². The molecule has 1 rings (SSSR count). The minimum Gasteiger partial charge on any atom is -0.330 e. The van der Waals surface area contributed by atoms with E-state index in [0.717, 1.165) is 31.5 Å². The molecule has 0 heterocycles. The van der Waals surface area contributed by atoms with Gasteiger partial charge in [0.25, 0.3) is 0 Å². The van der Waals surface area contributed by atoms with Gasteiger partial charge in [-0.2, -0.15) is 0 Å². The van der Waals surface area contributed by atoms with Crippen LogP contribution in [0, 0.1) is 5.92 Å². The van der Waals surface area contributed by atoms with Crippen LogP contribution < -0.4 is 11.1 Å². The Kier molecular flexibility index (Phi) is 2.49. The van der Waals surface area contributed by atoms with Gasteiger partial charge in [-0.05, 0) is 31.8 Å². The first-order valence-corrected chi connectivity index (χ1v) is 3.78. The van der Waals surface area contributed by atoms with E-state index in [1.807, 2.05) is 0 Å². The second-order valence-electron chi connectivity index (χ2n) is 2.92. The van der Waals surface area contributed by atoms with Gasteiger partial charge in [0.15, 0.2) is 0 Å². The molecule has 0 aromatic rings. The monoisotopic (exact) mass is 128 g/mol. The van der Waals surface area contributed by atoms with E-state index in [0.29, 0.717) is 0 Å². The summed E-state index contributed by atoms with van der Waals surface area (Å²) in [6, 6.07) is 0.816. The number of hydrogen-bond donors (Lipinski definition) is 2. The lowest BCUT2D eigenvalue weighted by atomic mass is 10.4. The smallest absolute Gasteiger partial charge is 0.00963 e. The fourth-order valence-electron chi connectivity index (χ4n) is 0.996. The Morgan fingerprint density at radius 3 is 2.78 bits per heavy atom. The van der Waals surface area contributed by atoms with Crippen molar-refractivity contribution in [2.75, 3.05) is 13.1 Å². The van der Waals surface area contributed by atoms with E-state index in [4.69, 9.17) is 5.73 Å². The molecule has 1 aliphatic carbocycles. The molecule has 0 aliphatic heterocycles. The van der Waals surface area contributed by atoms with Gasteiger partial charge in [-0.15, -0.1) is 0 Å². The van der Waals surface area contributed by atoms with Gasteiger partial charge in [-0.25, -0.2) is 0 Å². The van der Waals surface area contributed by atoms with Gasteiger partial charge >= 0.3 is 0 Å². The quantitative estimate of drug-likeness (QED) is 0.536. The van der Waals surface area contributed by atoms with E-state index in [2.05, 4.69) is 12.2 Å². The number of rotatable bonds is 4. The van der Waals surface area contributed by atoms with Crippen molar-refractivity contribution in [1.29, 1.82) is 0 Å². The third kappa shape index (κ3) is 2.33. The molecule has 0 aromatic heterocycles. The van der Waals surface area contributed by atoms with E-state index >= 15 is 0 Å². The zero-order chi connectivity index (χ0) is 6.69. The first-order valence-electron chi connectivity index (χ1n) is 3.78. The van der Waals surface area contributed by atoms with Crippen molar-refractivity contribution < 1.29 is 0 Å². The standard InChI is InChI=1S/C7H16N2/c1-6-5-7(6)9-4-2-3-8/h6-7,9H,2-5,8H2,1H3. The van der Waals surface area contributed by atoms with Crippen molar-refractivity contribution in [3.8, 4) is 0 Å². The van der Waals surface area contributed by atoms with Crippen LogP contribution in [-0.2, 0) is 0 Å². The van der Waals surface area contributed by atoms with Crippen LogP contribution in [0.4, 0.5) is 0 Å². The molecular weight excluding hydrogens is 112 g/mol. The largest absolute Gasteiger partial charge is 0.330 e. The Bertz CT molecular complexity index is 83.0. The van der Waals surface area contributed by atoms with Crippen molar-refractivity contribution in [2.45, 2.75) is 25.8 Å². The van der Waals surface area contributed by atoms with Crippen LogP contribution in [0.15, 0.2) is 0 Å². The summed E-state index contributed by atoms with van der Waals surface area (Å²) in [6.07, 6.45) is 2.48. The van der Waals surface area contributed by atoms with Crippen molar-refractivity contribution in [3.05, 3.63) is 0 Å². The van der Waals surface area contributed by atoms with Crippen LogP contribution in [0.1, 0.15) is 19.8 Å². The fourth-order valence-corrected chi connectivity index (χ4v) is 0.996. The van der Waals surface area contributed by atoms with Crippen LogP contribution in [0.3, 0.4) is 0 Å². The third-order valence-corrected chi connectivity index (χ3v) is 1.90. The van der Waals surface area contributed by atoms with Crippen LogP contribution >= 0.6 is 0 Å². The molecule has 0 saturated heterocycles. The summed E-state index contributed by atoms with van der Waals surface area (Å²) >= 11 is 0. The van der Waals surface area contributed by atoms with Crippen molar-refractivity contribution in [2.24, 2.45) is 11.7 Å². The lowest BCUT2D eigenvalue weighted by Gasteiger charge is -1.98. The predicted molar refractivity (Wildman–Crippen MR) is 39.2 cm³/mol. The Balaban J connectivity index is 1.83. The molecule has 3 N–H and O–H groups in total. The molecule has 0 radical (unpaired) electrons. The van der Waals surface area contributed by atoms with Gasteiger partial charge in [0.2, 0.25) is 0 Å². The van der Waals surface area contributed by atoms with Gasteiger partial charge < -0.3 is 11.1 Å². The summed E-state index contributed by atoms with van der Waals surface area (Å²) in [5.74, 6) is 0.919. The Labute approximate surface area is 56.8 Å². The lowest BCUT2D eigenvalue weighted by molar-refractivity contribution is 0.626. The highest BCUT2D eigenvalue weighted by molar-refractivity contribution is 4.89. The number of hydrogen-bond acceptors (Lipinski definition) is 2. The van der Waals surface area contributed by atoms with Gasteiger partial charge in [0, 0.05) is 6.04 Å². The SMILES string of the molecule is CC1CC1NCCCN. The van der Waals surface area contributed by atoms with Crippen LogP contribution in [0.25, 0.3) is 0 Å². The molecule has 0 aromatic carbocycles. The van der Waals surface area contributed by atoms with Crippen molar-refractivity contribution in [1.82, 2.24) is 5.32 Å². The molecule has 2 atom stereocenters. The van der Waals surface area contributed by atoms with E-state index in [1.54, 1.807) is 0 Å². The molecule has 2 unspecified atom stereocenters. The van der Waals surface area contributed by atoms with Crippen molar-refractivity contribution >= 4 is 0 Å². The zero-order valence-corrected chi connectivity index (χ0v) is 6.06. The Morgan fingerprint density at radius 2 is 2.33 bits per heavy atom. The first-order chi connectivity index (χ1) is 4.34. The zero-order valence-electron chi connectivity index (χ0n) is 6.06. The van der Waals surface area contributed by atoms with E-state index in [9.17, 15) is 0 Å². The molecule has 1 fully saturated rings. The maximum absolute atomic E-state index is 5.33. The van der Waals surface area contributed by atoms with E-state index in [-0.39, 0.29) is 0 Å². The van der Waals surface area contributed by atoms with Crippen LogP contribution in [-0.4, -0.2) is 19.1 Å². The maximum atomic E-state index is 5.33. The summed E-state index contributed by atoms with van der Waals surface area (Å²) in [6.45, 7) is 4.19. The summed E-state index contributed by atoms with van der Waals surface area (Å²) in [5, 5.41) is 3.43. The van der Waals surface area contributed by atoms with Gasteiger partial charge in [-0.3, -0.25) is 0 Å². The average molecular weight is 128 g/mol. The highest BCUT2D eigenvalue weighted by Gasteiger charge is 2.31. The maximum Gasteiger partial charge on any atom is 0.00963 e. The lowest BCUT2D eigenvalue weighted by Crippen LogP contribution is -2.21. The third-order valence-electron chi connectivity index (χ3n) is 1.90. The molecule has 0 bridgehead atoms. The summed E-state index contributed by atoms with van der Waals surface area (Å²) in [5.41, 5.74) is 5.33. The first kappa shape index (κ1) is 7.03. The molecule has 1 aliphatic rings. The average Bonchev–Trinajstić information content (AvgIpc) is 2.48. The molecule has 2 heteroatoms. The number of nitrogens with two attached hydrogens (primary N) is 1. The highest BCUT2D eigenvalue weighted by Crippen LogP contribution is 2.28. The second-order valence-corrected chi connectivity index (χ2v) is 2.92. The Morgan fingerprint density at radius 1 is 1.67 bits per heavy atom. The highest BCUT2D eigenvalue weighted by atomic mass is 15.0. The summed E-state index contributed by atoms with van der Waals surface area (Å²) in [7, 11) is 0. The summed E-state index contributed by atoms with van der Waals surface area (Å²) in [4.78, 5) is 0. The predicted octanol–water partition coefficient (Wildman–Crippen LogP) is 0.333. The molecule has 9 heavy (non-hydrogen) atoms. The molecule has 54 valence electrons.